The summed E-state index contributed by atoms with van der Waals surface area (Å²) in [6, 6.07) is 2.99. The van der Waals surface area contributed by atoms with E-state index in [2.05, 4.69) is 15.6 Å². The zero-order valence-electron chi connectivity index (χ0n) is 12.2. The third kappa shape index (κ3) is 2.54. The molecular formula is C15H18N4O3. The van der Waals surface area contributed by atoms with E-state index in [0.717, 1.165) is 19.3 Å². The van der Waals surface area contributed by atoms with Crippen molar-refractivity contribution >= 4 is 23.5 Å². The summed E-state index contributed by atoms with van der Waals surface area (Å²) in [5, 5.41) is 5.09. The van der Waals surface area contributed by atoms with Gasteiger partial charge < -0.3 is 10.2 Å². The van der Waals surface area contributed by atoms with Crippen LogP contribution >= 0.6 is 0 Å². The Hall–Kier alpha value is -2.44. The Morgan fingerprint density at radius 2 is 2.05 bits per heavy atom. The number of anilines is 1. The maximum absolute atomic E-state index is 12.6. The molecule has 116 valence electrons. The first kappa shape index (κ1) is 14.5. The highest BCUT2D eigenvalue weighted by Gasteiger charge is 2.51. The third-order valence-electron chi connectivity index (χ3n) is 4.33. The van der Waals surface area contributed by atoms with Crippen LogP contribution in [0.2, 0.25) is 0 Å². The van der Waals surface area contributed by atoms with Gasteiger partial charge in [0.1, 0.15) is 12.1 Å². The molecule has 7 heteroatoms. The van der Waals surface area contributed by atoms with Crippen LogP contribution in [0.3, 0.4) is 0 Å². The molecule has 0 bridgehead atoms. The largest absolute Gasteiger partial charge is 0.323 e. The molecule has 4 amide bonds. The molecule has 3 rings (SSSR count). The number of rotatable bonds is 1. The maximum atomic E-state index is 12.6. The Kier molecular flexibility index (Phi) is 3.79. The first-order valence-corrected chi connectivity index (χ1v) is 7.45. The van der Waals surface area contributed by atoms with E-state index < -0.39 is 17.5 Å². The second kappa shape index (κ2) is 5.75. The minimum Gasteiger partial charge on any atom is -0.306 e. The highest BCUT2D eigenvalue weighted by molar-refractivity contribution is 6.08. The predicted octanol–water partition coefficient (Wildman–Crippen LogP) is 1.27. The molecule has 0 aromatic carbocycles. The van der Waals surface area contributed by atoms with Gasteiger partial charge in [0, 0.05) is 6.20 Å². The van der Waals surface area contributed by atoms with Crippen molar-refractivity contribution in [2.45, 2.75) is 37.6 Å². The van der Waals surface area contributed by atoms with E-state index in [4.69, 9.17) is 0 Å². The molecule has 0 unspecified atom stereocenters. The van der Waals surface area contributed by atoms with E-state index in [1.165, 1.54) is 11.1 Å². The standard InChI is InChI=1S/C15H18N4O3/c20-12-10-19(14(22)17-11-5-4-8-16-9-11)15(13(21)18-12)6-2-1-3-7-15/h4-5,8-9H,1-3,6-7,10H2,(H,17,22)(H,18,20,21). The van der Waals surface area contributed by atoms with E-state index in [9.17, 15) is 14.4 Å². The van der Waals surface area contributed by atoms with Crippen molar-refractivity contribution in [1.29, 1.82) is 0 Å². The minimum absolute atomic E-state index is 0.0994. The van der Waals surface area contributed by atoms with E-state index in [1.54, 1.807) is 18.3 Å². The molecule has 1 saturated carbocycles. The van der Waals surface area contributed by atoms with Crippen LogP contribution in [0.1, 0.15) is 32.1 Å². The number of hydrogen-bond acceptors (Lipinski definition) is 4. The Morgan fingerprint density at radius 3 is 2.73 bits per heavy atom. The molecule has 1 aromatic rings. The molecular weight excluding hydrogens is 284 g/mol. The van der Waals surface area contributed by atoms with Crippen LogP contribution in [0, 0.1) is 0 Å². The molecule has 7 nitrogen and oxygen atoms in total. The summed E-state index contributed by atoms with van der Waals surface area (Å²) in [5.41, 5.74) is -0.366. The van der Waals surface area contributed by atoms with Crippen LogP contribution in [-0.2, 0) is 9.59 Å². The molecule has 0 radical (unpaired) electrons. The monoisotopic (exact) mass is 302 g/mol. The third-order valence-corrected chi connectivity index (χ3v) is 4.33. The first-order valence-electron chi connectivity index (χ1n) is 7.45. The van der Waals surface area contributed by atoms with Crippen LogP contribution in [0.25, 0.3) is 0 Å². The second-order valence-electron chi connectivity index (χ2n) is 5.73. The number of nitrogens with zero attached hydrogens (tertiary/aromatic N) is 2. The molecule has 2 aliphatic rings. The molecule has 1 aliphatic heterocycles. The van der Waals surface area contributed by atoms with Crippen molar-refractivity contribution in [2.24, 2.45) is 0 Å². The van der Waals surface area contributed by atoms with Crippen molar-refractivity contribution < 1.29 is 14.4 Å². The normalized spacial score (nSPS) is 20.6. The van der Waals surface area contributed by atoms with E-state index >= 15 is 0 Å². The van der Waals surface area contributed by atoms with Gasteiger partial charge in [0.2, 0.25) is 5.91 Å². The Balaban J connectivity index is 1.85. The van der Waals surface area contributed by atoms with Crippen LogP contribution in [0.5, 0.6) is 0 Å². The van der Waals surface area contributed by atoms with Gasteiger partial charge in [0.05, 0.1) is 11.9 Å². The molecule has 2 N–H and O–H groups in total. The van der Waals surface area contributed by atoms with Crippen LogP contribution in [-0.4, -0.2) is 39.8 Å². The molecule has 1 spiro atoms. The summed E-state index contributed by atoms with van der Waals surface area (Å²) in [5.74, 6) is -0.799. The zero-order chi connectivity index (χ0) is 15.6. The lowest BCUT2D eigenvalue weighted by Gasteiger charge is -2.46. The zero-order valence-corrected chi connectivity index (χ0v) is 12.2. The Morgan fingerprint density at radius 1 is 1.27 bits per heavy atom. The van der Waals surface area contributed by atoms with Gasteiger partial charge in [-0.1, -0.05) is 19.3 Å². The molecule has 2 fully saturated rings. The van der Waals surface area contributed by atoms with Crippen LogP contribution in [0.15, 0.2) is 24.5 Å². The summed E-state index contributed by atoms with van der Waals surface area (Å²) in [6.45, 7) is -0.0994. The number of piperazine rings is 1. The summed E-state index contributed by atoms with van der Waals surface area (Å²) in [6.07, 6.45) is 7.10. The quantitative estimate of drug-likeness (QED) is 0.764. The fourth-order valence-corrected chi connectivity index (χ4v) is 3.23. The topological polar surface area (TPSA) is 91.4 Å². The summed E-state index contributed by atoms with van der Waals surface area (Å²) in [4.78, 5) is 42.0. The van der Waals surface area contributed by atoms with Crippen molar-refractivity contribution in [3.05, 3.63) is 24.5 Å². The highest BCUT2D eigenvalue weighted by Crippen LogP contribution is 2.35. The highest BCUT2D eigenvalue weighted by atomic mass is 16.2. The fraction of sp³-hybridized carbons (Fsp3) is 0.467. The van der Waals surface area contributed by atoms with Gasteiger partial charge in [-0.3, -0.25) is 19.9 Å². The second-order valence-corrected chi connectivity index (χ2v) is 5.73. The number of nitrogens with one attached hydrogen (secondary N) is 2. The first-order chi connectivity index (χ1) is 10.6. The number of imide groups is 1. The van der Waals surface area contributed by atoms with Crippen molar-refractivity contribution in [1.82, 2.24) is 15.2 Å². The van der Waals surface area contributed by atoms with Crippen LogP contribution < -0.4 is 10.6 Å². The molecule has 1 aromatic heterocycles. The van der Waals surface area contributed by atoms with E-state index in [-0.39, 0.29) is 12.5 Å². The van der Waals surface area contributed by atoms with Gasteiger partial charge >= 0.3 is 6.03 Å². The van der Waals surface area contributed by atoms with Crippen molar-refractivity contribution in [3.63, 3.8) is 0 Å². The van der Waals surface area contributed by atoms with Crippen molar-refractivity contribution in [3.8, 4) is 0 Å². The number of aromatic nitrogens is 1. The Labute approximate surface area is 128 Å². The predicted molar refractivity (Wildman–Crippen MR) is 78.9 cm³/mol. The Bertz CT molecular complexity index is 596. The minimum atomic E-state index is -0.904. The lowest BCUT2D eigenvalue weighted by Crippen LogP contribution is -2.69. The summed E-state index contributed by atoms with van der Waals surface area (Å²) >= 11 is 0. The SMILES string of the molecule is O=C1CN(C(=O)Nc2cccnc2)C2(CCCCC2)C(=O)N1. The smallest absolute Gasteiger partial charge is 0.306 e. The van der Waals surface area contributed by atoms with E-state index in [0.29, 0.717) is 18.5 Å². The number of urea groups is 1. The van der Waals surface area contributed by atoms with E-state index in [1.807, 2.05) is 0 Å². The van der Waals surface area contributed by atoms with Gasteiger partial charge in [-0.05, 0) is 25.0 Å². The number of hydrogen-bond donors (Lipinski definition) is 2. The molecule has 1 saturated heterocycles. The average molecular weight is 302 g/mol. The summed E-state index contributed by atoms with van der Waals surface area (Å²) in [7, 11) is 0. The fourth-order valence-electron chi connectivity index (χ4n) is 3.23. The number of carbonyl (C=O) groups is 3. The maximum Gasteiger partial charge on any atom is 0.323 e. The van der Waals surface area contributed by atoms with Gasteiger partial charge in [-0.25, -0.2) is 4.79 Å². The van der Waals surface area contributed by atoms with Gasteiger partial charge in [0.15, 0.2) is 0 Å². The molecule has 0 atom stereocenters. The van der Waals surface area contributed by atoms with Gasteiger partial charge in [-0.2, -0.15) is 0 Å². The number of amides is 4. The lowest BCUT2D eigenvalue weighted by atomic mass is 9.78. The molecule has 2 heterocycles. The lowest BCUT2D eigenvalue weighted by molar-refractivity contribution is -0.146. The van der Waals surface area contributed by atoms with Gasteiger partial charge in [-0.15, -0.1) is 0 Å². The average Bonchev–Trinajstić information content (AvgIpc) is 2.53. The van der Waals surface area contributed by atoms with Gasteiger partial charge in [0.25, 0.3) is 5.91 Å². The number of carbonyl (C=O) groups excluding carboxylic acids is 3. The van der Waals surface area contributed by atoms with Crippen LogP contribution in [0.4, 0.5) is 10.5 Å². The van der Waals surface area contributed by atoms with Crippen molar-refractivity contribution in [2.75, 3.05) is 11.9 Å². The number of pyridine rings is 1. The summed E-state index contributed by atoms with van der Waals surface area (Å²) < 4.78 is 0. The molecule has 1 aliphatic carbocycles. The molecule has 22 heavy (non-hydrogen) atoms.